The highest BCUT2D eigenvalue weighted by molar-refractivity contribution is 5.81. The molecule has 0 saturated carbocycles. The molecule has 6 nitrogen and oxygen atoms in total. The normalized spacial score (nSPS) is 17.1. The molecule has 0 amide bonds. The highest BCUT2D eigenvalue weighted by Gasteiger charge is 2.24. The van der Waals surface area contributed by atoms with Gasteiger partial charge >= 0.3 is 5.63 Å². The molecule has 0 aliphatic carbocycles. The molecule has 0 radical (unpaired) electrons. The van der Waals surface area contributed by atoms with Crippen LogP contribution in [0.2, 0.25) is 0 Å². The number of hydrogen-bond acceptors (Lipinski definition) is 5. The second-order valence-corrected chi connectivity index (χ2v) is 9.03. The molecular formula is C28H23N3O3. The van der Waals surface area contributed by atoms with Crippen molar-refractivity contribution in [2.75, 3.05) is 6.54 Å². The maximum atomic E-state index is 12.7. The summed E-state index contributed by atoms with van der Waals surface area (Å²) in [4.78, 5) is 16.0. The highest BCUT2D eigenvalue weighted by atomic mass is 16.5. The monoisotopic (exact) mass is 449 g/mol. The molecule has 0 atom stereocenters. The van der Waals surface area contributed by atoms with Crippen LogP contribution in [-0.4, -0.2) is 6.54 Å². The van der Waals surface area contributed by atoms with Crippen LogP contribution in [-0.2, 0) is 11.3 Å². The summed E-state index contributed by atoms with van der Waals surface area (Å²) in [7, 11) is 0. The predicted molar refractivity (Wildman–Crippen MR) is 131 cm³/mol. The van der Waals surface area contributed by atoms with E-state index < -0.39 is 5.63 Å². The molecule has 2 aromatic rings. The first kappa shape index (κ1) is 22.9. The number of allylic oxidation sites excluding steroid dienone is 6. The van der Waals surface area contributed by atoms with E-state index in [9.17, 15) is 10.1 Å². The van der Waals surface area contributed by atoms with Gasteiger partial charge in [0.25, 0.3) is 5.70 Å². The molecule has 1 aromatic carbocycles. The lowest BCUT2D eigenvalue weighted by Gasteiger charge is -2.26. The molecule has 4 rings (SSSR count). The zero-order valence-electron chi connectivity index (χ0n) is 19.3. The van der Waals surface area contributed by atoms with E-state index in [0.717, 1.165) is 29.5 Å². The third-order valence-corrected chi connectivity index (χ3v) is 5.42. The fourth-order valence-electron chi connectivity index (χ4n) is 3.58. The maximum absolute atomic E-state index is 12.7. The first-order valence-electron chi connectivity index (χ1n) is 10.9. The van der Waals surface area contributed by atoms with Gasteiger partial charge in [-0.25, -0.2) is 14.9 Å². The molecule has 1 aromatic heterocycles. The number of rotatable bonds is 2. The maximum Gasteiger partial charge on any atom is 0.343 e. The topological polar surface area (TPSA) is 79.6 Å². The van der Waals surface area contributed by atoms with Crippen LogP contribution in [0.4, 0.5) is 0 Å². The molecule has 0 unspecified atom stereocenters. The van der Waals surface area contributed by atoms with Crippen LogP contribution in [0.15, 0.2) is 68.4 Å². The van der Waals surface area contributed by atoms with Gasteiger partial charge in [-0.1, -0.05) is 32.6 Å². The number of fused-ring (bicyclic) bond motifs is 2. The van der Waals surface area contributed by atoms with Gasteiger partial charge in [0, 0.05) is 35.9 Å². The summed E-state index contributed by atoms with van der Waals surface area (Å²) in [6, 6.07) is 7.52. The lowest BCUT2D eigenvalue weighted by atomic mass is 9.91. The molecule has 3 heterocycles. The van der Waals surface area contributed by atoms with E-state index in [1.807, 2.05) is 39.0 Å². The SMILES string of the molecule is [C-]#[N+]/C(C#N)=C1C=C(/C=C/c2cc3cc4c(cc3oc2=O)C#CCCNC4)OC(C(C)(C)C)=C/1. The molecule has 34 heavy (non-hydrogen) atoms. The van der Waals surface area contributed by atoms with Crippen molar-refractivity contribution in [1.82, 2.24) is 5.32 Å². The Labute approximate surface area is 198 Å². The van der Waals surface area contributed by atoms with Gasteiger partial charge in [0.2, 0.25) is 0 Å². The van der Waals surface area contributed by atoms with Crippen LogP contribution < -0.4 is 10.9 Å². The molecule has 0 bridgehead atoms. The van der Waals surface area contributed by atoms with E-state index in [4.69, 9.17) is 15.7 Å². The zero-order valence-corrected chi connectivity index (χ0v) is 19.3. The summed E-state index contributed by atoms with van der Waals surface area (Å²) < 4.78 is 11.6. The predicted octanol–water partition coefficient (Wildman–Crippen LogP) is 5.19. The standard InChI is InChI=1S/C28H23N3O3/c1-28(2,3)26-15-20(24(16-29)30-4)13-23(33-26)9-8-19-11-21-12-22-17-31-10-6-5-7-18(22)14-25(21)34-27(19)32/h8-9,11-15,31H,6,10,17H2,1-3H3/b9-8+,24-20-. The number of nitrogens with zero attached hydrogens (tertiary/aromatic N) is 2. The van der Waals surface area contributed by atoms with Crippen molar-refractivity contribution in [2.24, 2.45) is 5.41 Å². The summed E-state index contributed by atoms with van der Waals surface area (Å²) >= 11 is 0. The van der Waals surface area contributed by atoms with Crippen molar-refractivity contribution in [1.29, 1.82) is 5.26 Å². The Morgan fingerprint density at radius 2 is 2.09 bits per heavy atom. The van der Waals surface area contributed by atoms with Gasteiger partial charge in [-0.2, -0.15) is 0 Å². The summed E-state index contributed by atoms with van der Waals surface area (Å²) in [5.74, 6) is 7.32. The third kappa shape index (κ3) is 4.86. The first-order chi connectivity index (χ1) is 16.3. The van der Waals surface area contributed by atoms with Crippen LogP contribution in [0.1, 0.15) is 43.9 Å². The van der Waals surface area contributed by atoms with Crippen LogP contribution in [0.5, 0.6) is 0 Å². The van der Waals surface area contributed by atoms with E-state index in [1.54, 1.807) is 30.4 Å². The lowest BCUT2D eigenvalue weighted by Crippen LogP contribution is -2.16. The van der Waals surface area contributed by atoms with Crippen molar-refractivity contribution in [2.45, 2.75) is 33.7 Å². The summed E-state index contributed by atoms with van der Waals surface area (Å²) in [5, 5.41) is 13.5. The minimum absolute atomic E-state index is 0.0191. The Morgan fingerprint density at radius 3 is 2.82 bits per heavy atom. The van der Waals surface area contributed by atoms with Gasteiger partial charge in [0.1, 0.15) is 17.1 Å². The van der Waals surface area contributed by atoms with Gasteiger partial charge in [-0.15, -0.1) is 0 Å². The molecule has 2 aliphatic rings. The Balaban J connectivity index is 1.73. The molecule has 1 N–H and O–H groups in total. The second kappa shape index (κ2) is 9.28. The lowest BCUT2D eigenvalue weighted by molar-refractivity contribution is 0.223. The summed E-state index contributed by atoms with van der Waals surface area (Å²) in [5.41, 5.74) is 2.42. The number of ether oxygens (including phenoxy) is 1. The van der Waals surface area contributed by atoms with E-state index in [-0.39, 0.29) is 11.1 Å². The first-order valence-corrected chi connectivity index (χ1v) is 10.9. The average molecular weight is 450 g/mol. The van der Waals surface area contributed by atoms with E-state index in [1.165, 1.54) is 0 Å². The molecule has 0 fully saturated rings. The van der Waals surface area contributed by atoms with Crippen LogP contribution in [0.25, 0.3) is 21.9 Å². The minimum atomic E-state index is -0.474. The van der Waals surface area contributed by atoms with Gasteiger partial charge in [0.05, 0.1) is 18.2 Å². The Morgan fingerprint density at radius 1 is 1.26 bits per heavy atom. The molecule has 6 heteroatoms. The van der Waals surface area contributed by atoms with Gasteiger partial charge < -0.3 is 14.5 Å². The Kier molecular flexibility index (Phi) is 6.24. The third-order valence-electron chi connectivity index (χ3n) is 5.42. The molecule has 2 aliphatic heterocycles. The molecule has 0 saturated heterocycles. The summed E-state index contributed by atoms with van der Waals surface area (Å²) in [6.45, 7) is 14.8. The quantitative estimate of drug-likeness (QED) is 0.295. The van der Waals surface area contributed by atoms with Crippen molar-refractivity contribution in [3.8, 4) is 17.9 Å². The molecular weight excluding hydrogens is 426 g/mol. The van der Waals surface area contributed by atoms with Gasteiger partial charge in [-0.3, -0.25) is 0 Å². The van der Waals surface area contributed by atoms with Crippen LogP contribution in [0.3, 0.4) is 0 Å². The average Bonchev–Trinajstić information content (AvgIpc) is 2.78. The fourth-order valence-corrected chi connectivity index (χ4v) is 3.58. The van der Waals surface area contributed by atoms with E-state index in [2.05, 4.69) is 22.0 Å². The van der Waals surface area contributed by atoms with Crippen LogP contribution in [0, 0.1) is 35.2 Å². The number of nitrogens with one attached hydrogen (secondary N) is 1. The van der Waals surface area contributed by atoms with Crippen molar-refractivity contribution in [3.05, 3.63) is 97.7 Å². The van der Waals surface area contributed by atoms with E-state index >= 15 is 0 Å². The largest absolute Gasteiger partial charge is 0.461 e. The van der Waals surface area contributed by atoms with Gasteiger partial charge in [-0.05, 0) is 53.6 Å². The number of hydrogen-bond donors (Lipinski definition) is 1. The van der Waals surface area contributed by atoms with Crippen LogP contribution >= 0.6 is 0 Å². The number of nitriles is 1. The van der Waals surface area contributed by atoms with Crippen molar-refractivity contribution in [3.63, 3.8) is 0 Å². The fraction of sp³-hybridized carbons (Fsp3) is 0.250. The smallest absolute Gasteiger partial charge is 0.343 e. The number of benzene rings is 1. The minimum Gasteiger partial charge on any atom is -0.461 e. The zero-order chi connectivity index (χ0) is 24.3. The molecule has 0 spiro atoms. The Bertz CT molecular complexity index is 1490. The second-order valence-electron chi connectivity index (χ2n) is 9.03. The van der Waals surface area contributed by atoms with E-state index in [0.29, 0.717) is 34.8 Å². The van der Waals surface area contributed by atoms with Crippen molar-refractivity contribution < 1.29 is 9.15 Å². The van der Waals surface area contributed by atoms with Gasteiger partial charge in [0.15, 0.2) is 0 Å². The Hall–Kier alpha value is -4.31. The van der Waals surface area contributed by atoms with Crippen molar-refractivity contribution >= 4 is 17.0 Å². The highest BCUT2D eigenvalue weighted by Crippen LogP contribution is 2.34. The summed E-state index contributed by atoms with van der Waals surface area (Å²) in [6.07, 6.45) is 7.38. The molecule has 168 valence electrons.